The van der Waals surface area contributed by atoms with Crippen LogP contribution >= 0.6 is 23.2 Å². The number of benzene rings is 2. The lowest BCUT2D eigenvalue weighted by Gasteiger charge is -2.09. The molecule has 0 radical (unpaired) electrons. The second-order valence-corrected chi connectivity index (χ2v) is 6.61. The van der Waals surface area contributed by atoms with Crippen LogP contribution in [0.25, 0.3) is 0 Å². The summed E-state index contributed by atoms with van der Waals surface area (Å²) in [4.78, 5) is 23.8. The third kappa shape index (κ3) is 4.28. The Kier molecular flexibility index (Phi) is 5.07. The van der Waals surface area contributed by atoms with E-state index in [1.807, 2.05) is 24.3 Å². The summed E-state index contributed by atoms with van der Waals surface area (Å²) in [6.07, 6.45) is 1.95. The fourth-order valence-electron chi connectivity index (χ4n) is 2.25. The number of hydrogen-bond acceptors (Lipinski definition) is 2. The Balaban J connectivity index is 1.56. The van der Waals surface area contributed by atoms with Crippen molar-refractivity contribution in [2.24, 2.45) is 5.92 Å². The molecule has 0 aromatic heterocycles. The second-order valence-electron chi connectivity index (χ2n) is 5.77. The summed E-state index contributed by atoms with van der Waals surface area (Å²) in [5.41, 5.74) is 2.08. The first kappa shape index (κ1) is 16.8. The maximum Gasteiger partial charge on any atom is 0.253 e. The van der Waals surface area contributed by atoms with Gasteiger partial charge in [0.2, 0.25) is 5.91 Å². The van der Waals surface area contributed by atoms with E-state index in [0.29, 0.717) is 22.2 Å². The molecule has 0 heterocycles. The van der Waals surface area contributed by atoms with Crippen LogP contribution in [0.3, 0.4) is 0 Å². The minimum atomic E-state index is -0.261. The van der Waals surface area contributed by atoms with Crippen molar-refractivity contribution >= 4 is 40.7 Å². The highest BCUT2D eigenvalue weighted by molar-refractivity contribution is 6.36. The van der Waals surface area contributed by atoms with Gasteiger partial charge in [-0.25, -0.2) is 0 Å². The summed E-state index contributed by atoms with van der Waals surface area (Å²) in [5, 5.41) is 6.49. The van der Waals surface area contributed by atoms with E-state index in [0.717, 1.165) is 24.1 Å². The van der Waals surface area contributed by atoms with Gasteiger partial charge in [-0.2, -0.15) is 0 Å². The predicted octanol–water partition coefficient (Wildman–Crippen LogP) is 4.27. The molecule has 6 heteroatoms. The van der Waals surface area contributed by atoms with Gasteiger partial charge in [-0.3, -0.25) is 9.59 Å². The molecule has 0 spiro atoms. The van der Waals surface area contributed by atoms with Crippen molar-refractivity contribution in [2.75, 3.05) is 5.32 Å². The summed E-state index contributed by atoms with van der Waals surface area (Å²) in [5.74, 6) is -0.00991. The molecule has 2 aromatic carbocycles. The Morgan fingerprint density at radius 1 is 1.04 bits per heavy atom. The number of amides is 2. The van der Waals surface area contributed by atoms with Gasteiger partial charge >= 0.3 is 0 Å². The standard InChI is InChI=1S/C18H16Cl2N2O2/c19-13-5-8-15(16(20)9-13)18(24)21-10-11-1-6-14(7-2-11)22-17(23)12-3-4-12/h1-2,5-9,12H,3-4,10H2,(H,21,24)(H,22,23). The molecule has 0 atom stereocenters. The van der Waals surface area contributed by atoms with Crippen molar-refractivity contribution in [3.8, 4) is 0 Å². The van der Waals surface area contributed by atoms with Gasteiger partial charge < -0.3 is 10.6 Å². The molecule has 0 unspecified atom stereocenters. The minimum Gasteiger partial charge on any atom is -0.348 e. The van der Waals surface area contributed by atoms with E-state index in [2.05, 4.69) is 10.6 Å². The zero-order chi connectivity index (χ0) is 17.1. The summed E-state index contributed by atoms with van der Waals surface area (Å²) in [6.45, 7) is 0.370. The average Bonchev–Trinajstić information content (AvgIpc) is 3.39. The number of nitrogens with one attached hydrogen (secondary N) is 2. The topological polar surface area (TPSA) is 58.2 Å². The van der Waals surface area contributed by atoms with Gasteiger partial charge in [0.1, 0.15) is 0 Å². The number of rotatable bonds is 5. The van der Waals surface area contributed by atoms with Gasteiger partial charge in [0.05, 0.1) is 10.6 Å². The number of carbonyl (C=O) groups excluding carboxylic acids is 2. The first-order valence-corrected chi connectivity index (χ1v) is 8.41. The third-order valence-corrected chi connectivity index (χ3v) is 4.35. The molecule has 124 valence electrons. The van der Waals surface area contributed by atoms with Crippen LogP contribution in [0.15, 0.2) is 42.5 Å². The molecule has 1 aliphatic rings. The Hall–Kier alpha value is -2.04. The molecular weight excluding hydrogens is 347 g/mol. The minimum absolute atomic E-state index is 0.0773. The molecule has 0 aliphatic heterocycles. The van der Waals surface area contributed by atoms with Crippen molar-refractivity contribution in [3.05, 3.63) is 63.6 Å². The Morgan fingerprint density at radius 2 is 1.75 bits per heavy atom. The van der Waals surface area contributed by atoms with Crippen molar-refractivity contribution in [3.63, 3.8) is 0 Å². The molecule has 4 nitrogen and oxygen atoms in total. The van der Waals surface area contributed by atoms with Gasteiger partial charge in [-0.05, 0) is 48.7 Å². The molecular formula is C18H16Cl2N2O2. The van der Waals surface area contributed by atoms with Gasteiger partial charge in [-0.1, -0.05) is 35.3 Å². The molecule has 1 saturated carbocycles. The third-order valence-electron chi connectivity index (χ3n) is 3.80. The highest BCUT2D eigenvalue weighted by Gasteiger charge is 2.29. The lowest BCUT2D eigenvalue weighted by atomic mass is 10.1. The monoisotopic (exact) mass is 362 g/mol. The Morgan fingerprint density at radius 3 is 2.38 bits per heavy atom. The van der Waals surface area contributed by atoms with Crippen LogP contribution in [0.4, 0.5) is 5.69 Å². The van der Waals surface area contributed by atoms with Crippen LogP contribution in [0, 0.1) is 5.92 Å². The van der Waals surface area contributed by atoms with Crippen LogP contribution in [-0.4, -0.2) is 11.8 Å². The maximum absolute atomic E-state index is 12.1. The van der Waals surface area contributed by atoms with E-state index in [1.54, 1.807) is 12.1 Å². The van der Waals surface area contributed by atoms with Gasteiger partial charge in [-0.15, -0.1) is 0 Å². The fraction of sp³-hybridized carbons (Fsp3) is 0.222. The molecule has 0 bridgehead atoms. The molecule has 24 heavy (non-hydrogen) atoms. The lowest BCUT2D eigenvalue weighted by Crippen LogP contribution is -2.23. The highest BCUT2D eigenvalue weighted by atomic mass is 35.5. The van der Waals surface area contributed by atoms with Crippen molar-refractivity contribution < 1.29 is 9.59 Å². The van der Waals surface area contributed by atoms with E-state index in [1.165, 1.54) is 6.07 Å². The normalized spacial score (nSPS) is 13.4. The zero-order valence-electron chi connectivity index (χ0n) is 12.8. The Labute approximate surface area is 150 Å². The molecule has 2 aromatic rings. The molecule has 2 amide bonds. The number of halogens is 2. The second kappa shape index (κ2) is 7.24. The van der Waals surface area contributed by atoms with E-state index in [-0.39, 0.29) is 17.7 Å². The van der Waals surface area contributed by atoms with Crippen LogP contribution < -0.4 is 10.6 Å². The summed E-state index contributed by atoms with van der Waals surface area (Å²) < 4.78 is 0. The lowest BCUT2D eigenvalue weighted by molar-refractivity contribution is -0.117. The van der Waals surface area contributed by atoms with E-state index in [9.17, 15) is 9.59 Å². The van der Waals surface area contributed by atoms with Crippen LogP contribution in [0.1, 0.15) is 28.8 Å². The fourth-order valence-corrected chi connectivity index (χ4v) is 2.74. The number of hydrogen-bond donors (Lipinski definition) is 2. The van der Waals surface area contributed by atoms with Crippen LogP contribution in [-0.2, 0) is 11.3 Å². The first-order chi connectivity index (χ1) is 11.5. The number of carbonyl (C=O) groups is 2. The summed E-state index contributed by atoms with van der Waals surface area (Å²) in [7, 11) is 0. The summed E-state index contributed by atoms with van der Waals surface area (Å²) in [6, 6.07) is 12.2. The van der Waals surface area contributed by atoms with E-state index in [4.69, 9.17) is 23.2 Å². The van der Waals surface area contributed by atoms with Crippen molar-refractivity contribution in [1.82, 2.24) is 5.32 Å². The van der Waals surface area contributed by atoms with Crippen molar-refractivity contribution in [1.29, 1.82) is 0 Å². The first-order valence-electron chi connectivity index (χ1n) is 7.66. The number of anilines is 1. The van der Waals surface area contributed by atoms with Crippen LogP contribution in [0.5, 0.6) is 0 Å². The average molecular weight is 363 g/mol. The molecule has 2 N–H and O–H groups in total. The van der Waals surface area contributed by atoms with Crippen LogP contribution in [0.2, 0.25) is 10.0 Å². The Bertz CT molecular complexity index is 771. The molecule has 0 saturated heterocycles. The molecule has 3 rings (SSSR count). The quantitative estimate of drug-likeness (QED) is 0.834. The zero-order valence-corrected chi connectivity index (χ0v) is 14.3. The smallest absolute Gasteiger partial charge is 0.253 e. The molecule has 1 fully saturated rings. The van der Waals surface area contributed by atoms with Gasteiger partial charge in [0.15, 0.2) is 0 Å². The van der Waals surface area contributed by atoms with Gasteiger partial charge in [0.25, 0.3) is 5.91 Å². The molecule has 1 aliphatic carbocycles. The maximum atomic E-state index is 12.1. The largest absolute Gasteiger partial charge is 0.348 e. The summed E-state index contributed by atoms with van der Waals surface area (Å²) >= 11 is 11.8. The van der Waals surface area contributed by atoms with E-state index < -0.39 is 0 Å². The van der Waals surface area contributed by atoms with Crippen molar-refractivity contribution in [2.45, 2.75) is 19.4 Å². The van der Waals surface area contributed by atoms with E-state index >= 15 is 0 Å². The SMILES string of the molecule is O=C(NCc1ccc(NC(=O)C2CC2)cc1)c1ccc(Cl)cc1Cl. The highest BCUT2D eigenvalue weighted by Crippen LogP contribution is 2.30. The van der Waals surface area contributed by atoms with Gasteiger partial charge in [0, 0.05) is 23.2 Å². The predicted molar refractivity (Wildman–Crippen MR) is 95.4 cm³/mol.